The second-order valence-electron chi connectivity index (χ2n) is 3.28. The summed E-state index contributed by atoms with van der Waals surface area (Å²) in [6.45, 7) is 0.685. The van der Waals surface area contributed by atoms with Crippen molar-refractivity contribution >= 4 is 23.5 Å². The van der Waals surface area contributed by atoms with Crippen molar-refractivity contribution < 1.29 is 19.1 Å². The maximum absolute atomic E-state index is 11.0. The van der Waals surface area contributed by atoms with Gasteiger partial charge < -0.3 is 14.4 Å². The lowest BCUT2D eigenvalue weighted by atomic mass is 10.2. The van der Waals surface area contributed by atoms with Gasteiger partial charge in [0.1, 0.15) is 24.8 Å². The number of rotatable bonds is 3. The molecule has 0 saturated carbocycles. The molecule has 14 heavy (non-hydrogen) atoms. The molecule has 2 saturated heterocycles. The monoisotopic (exact) mass is 219 g/mol. The fourth-order valence-corrected chi connectivity index (χ4v) is 1.64. The van der Waals surface area contributed by atoms with Crippen LogP contribution in [0.3, 0.4) is 0 Å². The summed E-state index contributed by atoms with van der Waals surface area (Å²) >= 11 is 5.25. The summed E-state index contributed by atoms with van der Waals surface area (Å²) in [7, 11) is 0. The molecule has 5 nitrogen and oxygen atoms in total. The molecule has 2 fully saturated rings. The fraction of sp³-hybridized carbons (Fsp3) is 0.750. The molecule has 0 aromatic carbocycles. The number of nitrogens with zero attached hydrogens (tertiary/aromatic N) is 1. The number of amides is 1. The third-order valence-corrected chi connectivity index (χ3v) is 2.52. The molecule has 2 aliphatic heterocycles. The van der Waals surface area contributed by atoms with Crippen LogP contribution in [0.2, 0.25) is 0 Å². The molecule has 2 unspecified atom stereocenters. The molecule has 2 atom stereocenters. The molecule has 6 heteroatoms. The zero-order chi connectivity index (χ0) is 10.1. The Bertz CT molecular complexity index is 270. The molecular formula is C8H10ClNO4. The van der Waals surface area contributed by atoms with Crippen molar-refractivity contribution in [3.05, 3.63) is 0 Å². The normalized spacial score (nSPS) is 29.8. The van der Waals surface area contributed by atoms with Gasteiger partial charge in [0.2, 0.25) is 5.91 Å². The molecular weight excluding hydrogens is 210 g/mol. The standard InChI is InChI=1S/C8H10ClNO4/c9-2-8(12)13-4-5-3-10-6(11)1-7(10)14-5/h5,7H,1-4H2. The first-order valence-corrected chi connectivity index (χ1v) is 4.90. The molecule has 0 bridgehead atoms. The van der Waals surface area contributed by atoms with E-state index in [0.717, 1.165) is 0 Å². The predicted octanol–water partition coefficient (Wildman–Crippen LogP) is -0.274. The number of halogens is 1. The van der Waals surface area contributed by atoms with Gasteiger partial charge in [0.15, 0.2) is 0 Å². The molecule has 1 amide bonds. The summed E-state index contributed by atoms with van der Waals surface area (Å²) in [6.07, 6.45) is 0.153. The minimum atomic E-state index is -0.462. The molecule has 0 spiro atoms. The second kappa shape index (κ2) is 3.74. The molecule has 0 radical (unpaired) electrons. The smallest absolute Gasteiger partial charge is 0.320 e. The topological polar surface area (TPSA) is 55.8 Å². The highest BCUT2D eigenvalue weighted by molar-refractivity contribution is 6.26. The van der Waals surface area contributed by atoms with Crippen LogP contribution in [0.15, 0.2) is 0 Å². The van der Waals surface area contributed by atoms with Crippen molar-refractivity contribution in [2.45, 2.75) is 18.8 Å². The van der Waals surface area contributed by atoms with E-state index in [0.29, 0.717) is 13.0 Å². The number of esters is 1. The highest BCUT2D eigenvalue weighted by Crippen LogP contribution is 2.28. The van der Waals surface area contributed by atoms with Crippen molar-refractivity contribution in [1.82, 2.24) is 4.90 Å². The van der Waals surface area contributed by atoms with Crippen molar-refractivity contribution in [2.24, 2.45) is 0 Å². The summed E-state index contributed by atoms with van der Waals surface area (Å²) in [6, 6.07) is 0. The molecule has 2 aliphatic rings. The maximum Gasteiger partial charge on any atom is 0.320 e. The molecule has 78 valence electrons. The molecule has 0 aliphatic carbocycles. The minimum absolute atomic E-state index is 0.0952. The zero-order valence-corrected chi connectivity index (χ0v) is 8.20. The van der Waals surface area contributed by atoms with Gasteiger partial charge in [-0.15, -0.1) is 11.6 Å². The molecule has 0 aromatic heterocycles. The Morgan fingerprint density at radius 1 is 1.71 bits per heavy atom. The third kappa shape index (κ3) is 1.69. The average Bonchev–Trinajstić information content (AvgIpc) is 2.51. The first-order chi connectivity index (χ1) is 6.70. The number of carbonyl (C=O) groups excluding carboxylic acids is 2. The van der Waals surface area contributed by atoms with Gasteiger partial charge in [0.25, 0.3) is 0 Å². The number of carbonyl (C=O) groups is 2. The summed E-state index contributed by atoms with van der Waals surface area (Å²) < 4.78 is 10.2. The van der Waals surface area contributed by atoms with E-state index in [4.69, 9.17) is 21.1 Å². The van der Waals surface area contributed by atoms with Crippen molar-refractivity contribution in [3.63, 3.8) is 0 Å². The van der Waals surface area contributed by atoms with Crippen LogP contribution in [0.5, 0.6) is 0 Å². The highest BCUT2D eigenvalue weighted by Gasteiger charge is 2.45. The van der Waals surface area contributed by atoms with E-state index in [-0.39, 0.29) is 30.7 Å². The van der Waals surface area contributed by atoms with Crippen LogP contribution in [-0.4, -0.2) is 48.1 Å². The predicted molar refractivity (Wildman–Crippen MR) is 46.7 cm³/mol. The SMILES string of the molecule is O=C(CCl)OCC1CN2C(=O)CC2O1. The largest absolute Gasteiger partial charge is 0.462 e. The summed E-state index contributed by atoms with van der Waals surface area (Å²) in [4.78, 5) is 23.3. The molecule has 0 aromatic rings. The zero-order valence-electron chi connectivity index (χ0n) is 7.44. The number of hydrogen-bond donors (Lipinski definition) is 0. The lowest BCUT2D eigenvalue weighted by molar-refractivity contribution is -0.159. The van der Waals surface area contributed by atoms with Crippen LogP contribution < -0.4 is 0 Å². The summed E-state index contributed by atoms with van der Waals surface area (Å²) in [5.41, 5.74) is 0. The van der Waals surface area contributed by atoms with Gasteiger partial charge in [-0.05, 0) is 0 Å². The Morgan fingerprint density at radius 3 is 3.07 bits per heavy atom. The van der Waals surface area contributed by atoms with Gasteiger partial charge in [-0.1, -0.05) is 0 Å². The Hall–Kier alpha value is -0.810. The van der Waals surface area contributed by atoms with E-state index in [2.05, 4.69) is 0 Å². The number of ether oxygens (including phenoxy) is 2. The molecule has 2 heterocycles. The van der Waals surface area contributed by atoms with Crippen LogP contribution in [0.25, 0.3) is 0 Å². The Morgan fingerprint density at radius 2 is 2.50 bits per heavy atom. The Kier molecular flexibility index (Phi) is 2.60. The lowest BCUT2D eigenvalue weighted by Crippen LogP contribution is -2.48. The Balaban J connectivity index is 1.74. The Labute approximate surface area is 85.9 Å². The van der Waals surface area contributed by atoms with Gasteiger partial charge in [-0.2, -0.15) is 0 Å². The van der Waals surface area contributed by atoms with Crippen LogP contribution in [0.1, 0.15) is 6.42 Å². The quantitative estimate of drug-likeness (QED) is 0.372. The van der Waals surface area contributed by atoms with E-state index in [1.54, 1.807) is 4.90 Å². The van der Waals surface area contributed by atoms with E-state index < -0.39 is 5.97 Å². The van der Waals surface area contributed by atoms with Crippen LogP contribution in [0.4, 0.5) is 0 Å². The summed E-state index contributed by atoms with van der Waals surface area (Å²) in [5.74, 6) is -0.518. The van der Waals surface area contributed by atoms with Crippen molar-refractivity contribution in [3.8, 4) is 0 Å². The molecule has 2 rings (SSSR count). The van der Waals surface area contributed by atoms with Gasteiger partial charge in [0, 0.05) is 0 Å². The first-order valence-electron chi connectivity index (χ1n) is 4.37. The van der Waals surface area contributed by atoms with Crippen LogP contribution in [-0.2, 0) is 19.1 Å². The molecule has 0 N–H and O–H groups in total. The summed E-state index contributed by atoms with van der Waals surface area (Å²) in [5, 5.41) is 0. The third-order valence-electron chi connectivity index (χ3n) is 2.31. The number of hydrogen-bond acceptors (Lipinski definition) is 4. The second-order valence-corrected chi connectivity index (χ2v) is 3.55. The highest BCUT2D eigenvalue weighted by atomic mass is 35.5. The first kappa shape index (κ1) is 9.73. The number of alkyl halides is 1. The number of fused-ring (bicyclic) bond motifs is 1. The van der Waals surface area contributed by atoms with E-state index >= 15 is 0 Å². The van der Waals surface area contributed by atoms with E-state index in [9.17, 15) is 9.59 Å². The van der Waals surface area contributed by atoms with Gasteiger partial charge in [-0.3, -0.25) is 9.59 Å². The minimum Gasteiger partial charge on any atom is -0.462 e. The lowest BCUT2D eigenvalue weighted by Gasteiger charge is -2.31. The van der Waals surface area contributed by atoms with Gasteiger partial charge >= 0.3 is 5.97 Å². The van der Waals surface area contributed by atoms with E-state index in [1.807, 2.05) is 0 Å². The van der Waals surface area contributed by atoms with Gasteiger partial charge in [-0.25, -0.2) is 0 Å². The van der Waals surface area contributed by atoms with Crippen molar-refractivity contribution in [1.29, 1.82) is 0 Å². The van der Waals surface area contributed by atoms with Crippen LogP contribution in [0, 0.1) is 0 Å². The van der Waals surface area contributed by atoms with Crippen molar-refractivity contribution in [2.75, 3.05) is 19.0 Å². The maximum atomic E-state index is 11.0. The van der Waals surface area contributed by atoms with Gasteiger partial charge in [0.05, 0.1) is 13.0 Å². The van der Waals surface area contributed by atoms with E-state index in [1.165, 1.54) is 0 Å². The fourth-order valence-electron chi connectivity index (χ4n) is 1.57. The van der Waals surface area contributed by atoms with Crippen LogP contribution >= 0.6 is 11.6 Å². The average molecular weight is 220 g/mol. The number of β-lactam (4-membered cyclic amide) rings is 1.